The number of carbonyl (C=O) groups is 1. The molecule has 0 radical (unpaired) electrons. The van der Waals surface area contributed by atoms with Crippen molar-refractivity contribution in [1.29, 1.82) is 0 Å². The lowest BCUT2D eigenvalue weighted by molar-refractivity contribution is -0.136. The fourth-order valence-electron chi connectivity index (χ4n) is 3.00. The number of nitrogens with zero attached hydrogens (tertiary/aromatic N) is 1. The Morgan fingerprint density at radius 2 is 1.75 bits per heavy atom. The molecule has 0 amide bonds. The molecule has 0 saturated heterocycles. The lowest BCUT2D eigenvalue weighted by atomic mass is 9.94. The third-order valence-electron chi connectivity index (χ3n) is 4.28. The number of aryl methyl sites for hydroxylation is 1. The van der Waals surface area contributed by atoms with Gasteiger partial charge in [0.2, 0.25) is 0 Å². The van der Waals surface area contributed by atoms with E-state index in [1.165, 1.54) is 37.7 Å². The van der Waals surface area contributed by atoms with Crippen molar-refractivity contribution in [3.63, 3.8) is 0 Å². The van der Waals surface area contributed by atoms with Crippen LogP contribution in [0.1, 0.15) is 49.7 Å². The third-order valence-corrected chi connectivity index (χ3v) is 4.28. The molecular formula is C17H25NO2. The molecule has 1 N–H and O–H groups in total. The Morgan fingerprint density at radius 3 is 2.35 bits per heavy atom. The minimum Gasteiger partial charge on any atom is -0.481 e. The molecule has 3 nitrogen and oxygen atoms in total. The van der Waals surface area contributed by atoms with Crippen LogP contribution in [0, 0.1) is 0 Å². The van der Waals surface area contributed by atoms with Crippen molar-refractivity contribution in [1.82, 2.24) is 4.90 Å². The smallest absolute Gasteiger partial charge is 0.303 e. The van der Waals surface area contributed by atoms with Gasteiger partial charge in [-0.15, -0.1) is 0 Å². The molecule has 1 aliphatic carbocycles. The molecule has 2 rings (SSSR count). The zero-order valence-electron chi connectivity index (χ0n) is 12.3. The average molecular weight is 275 g/mol. The maximum atomic E-state index is 10.6. The Bertz CT molecular complexity index is 421. The third kappa shape index (κ3) is 4.64. The van der Waals surface area contributed by atoms with E-state index in [2.05, 4.69) is 36.2 Å². The zero-order valence-corrected chi connectivity index (χ0v) is 12.3. The fraction of sp³-hybridized carbons (Fsp3) is 0.588. The predicted molar refractivity (Wildman–Crippen MR) is 80.7 cm³/mol. The molecule has 0 spiro atoms. The molecule has 0 bridgehead atoms. The first-order valence-electron chi connectivity index (χ1n) is 7.65. The van der Waals surface area contributed by atoms with Gasteiger partial charge >= 0.3 is 5.97 Å². The molecule has 1 aliphatic rings. The summed E-state index contributed by atoms with van der Waals surface area (Å²) >= 11 is 0. The van der Waals surface area contributed by atoms with Gasteiger partial charge in [-0.2, -0.15) is 0 Å². The van der Waals surface area contributed by atoms with Crippen LogP contribution in [0.5, 0.6) is 0 Å². The number of hydrogen-bond donors (Lipinski definition) is 1. The minimum absolute atomic E-state index is 0.210. The Kier molecular flexibility index (Phi) is 5.60. The Labute approximate surface area is 121 Å². The molecule has 0 atom stereocenters. The van der Waals surface area contributed by atoms with Gasteiger partial charge < -0.3 is 5.11 Å². The quantitative estimate of drug-likeness (QED) is 0.864. The highest BCUT2D eigenvalue weighted by Gasteiger charge is 2.17. The van der Waals surface area contributed by atoms with Gasteiger partial charge in [-0.25, -0.2) is 0 Å². The topological polar surface area (TPSA) is 40.5 Å². The van der Waals surface area contributed by atoms with E-state index in [1.54, 1.807) is 0 Å². The molecule has 3 heteroatoms. The van der Waals surface area contributed by atoms with Gasteiger partial charge in [-0.3, -0.25) is 9.69 Å². The molecule has 0 unspecified atom stereocenters. The first-order valence-corrected chi connectivity index (χ1v) is 7.65. The maximum Gasteiger partial charge on any atom is 0.303 e. The van der Waals surface area contributed by atoms with Gasteiger partial charge in [0.15, 0.2) is 0 Å². The first kappa shape index (κ1) is 15.0. The lowest BCUT2D eigenvalue weighted by Gasteiger charge is -2.31. The minimum atomic E-state index is -0.730. The van der Waals surface area contributed by atoms with Gasteiger partial charge in [0.05, 0.1) is 0 Å². The summed E-state index contributed by atoms with van der Waals surface area (Å²) in [4.78, 5) is 13.0. The van der Waals surface area contributed by atoms with Crippen LogP contribution >= 0.6 is 0 Å². The zero-order chi connectivity index (χ0) is 14.4. The summed E-state index contributed by atoms with van der Waals surface area (Å²) in [6, 6.07) is 9.13. The summed E-state index contributed by atoms with van der Waals surface area (Å²) in [5.74, 6) is -0.730. The maximum absolute atomic E-state index is 10.6. The van der Waals surface area contributed by atoms with Crippen molar-refractivity contribution in [2.75, 3.05) is 7.05 Å². The Morgan fingerprint density at radius 1 is 1.15 bits per heavy atom. The van der Waals surface area contributed by atoms with E-state index in [4.69, 9.17) is 5.11 Å². The second-order valence-electron chi connectivity index (χ2n) is 5.92. The first-order chi connectivity index (χ1) is 9.65. The van der Waals surface area contributed by atoms with Crippen molar-refractivity contribution < 1.29 is 9.90 Å². The standard InChI is InChI=1S/C17H25NO2/c1-18(16-5-3-2-4-6-16)13-15-9-7-14(8-10-15)11-12-17(19)20/h7-10,16H,2-6,11-13H2,1H3,(H,19,20). The highest BCUT2D eigenvalue weighted by Crippen LogP contribution is 2.22. The molecule has 1 aromatic rings. The Hall–Kier alpha value is -1.35. The van der Waals surface area contributed by atoms with Crippen LogP contribution in [-0.4, -0.2) is 29.1 Å². The van der Waals surface area contributed by atoms with E-state index >= 15 is 0 Å². The summed E-state index contributed by atoms with van der Waals surface area (Å²) in [6.07, 6.45) is 7.60. The van der Waals surface area contributed by atoms with E-state index in [-0.39, 0.29) is 6.42 Å². The van der Waals surface area contributed by atoms with Crippen molar-refractivity contribution in [3.05, 3.63) is 35.4 Å². The summed E-state index contributed by atoms with van der Waals surface area (Å²) in [5.41, 5.74) is 2.42. The normalized spacial score (nSPS) is 16.5. The van der Waals surface area contributed by atoms with Gasteiger partial charge in [-0.1, -0.05) is 43.5 Å². The second-order valence-corrected chi connectivity index (χ2v) is 5.92. The summed E-state index contributed by atoms with van der Waals surface area (Å²) in [6.45, 7) is 0.990. The van der Waals surface area contributed by atoms with E-state index in [9.17, 15) is 4.79 Å². The molecule has 1 aromatic carbocycles. The molecule has 0 heterocycles. The van der Waals surface area contributed by atoms with E-state index in [0.29, 0.717) is 6.42 Å². The summed E-state index contributed by atoms with van der Waals surface area (Å²) < 4.78 is 0. The Balaban J connectivity index is 1.84. The van der Waals surface area contributed by atoms with E-state index in [0.717, 1.165) is 18.2 Å². The van der Waals surface area contributed by atoms with Gasteiger partial charge in [0.25, 0.3) is 0 Å². The second kappa shape index (κ2) is 7.44. The molecule has 0 aliphatic heterocycles. The van der Waals surface area contributed by atoms with Crippen molar-refractivity contribution in [3.8, 4) is 0 Å². The highest BCUT2D eigenvalue weighted by atomic mass is 16.4. The number of benzene rings is 1. The van der Waals surface area contributed by atoms with Crippen LogP contribution in [-0.2, 0) is 17.8 Å². The molecule has 0 aromatic heterocycles. The average Bonchev–Trinajstić information content (AvgIpc) is 2.47. The highest BCUT2D eigenvalue weighted by molar-refractivity contribution is 5.67. The molecular weight excluding hydrogens is 250 g/mol. The van der Waals surface area contributed by atoms with Crippen LogP contribution in [0.3, 0.4) is 0 Å². The van der Waals surface area contributed by atoms with E-state index in [1.807, 2.05) is 0 Å². The van der Waals surface area contributed by atoms with Crippen LogP contribution in [0.25, 0.3) is 0 Å². The van der Waals surface area contributed by atoms with Crippen LogP contribution in [0.15, 0.2) is 24.3 Å². The fourth-order valence-corrected chi connectivity index (χ4v) is 3.00. The van der Waals surface area contributed by atoms with Crippen LogP contribution < -0.4 is 0 Å². The molecule has 1 fully saturated rings. The lowest BCUT2D eigenvalue weighted by Crippen LogP contribution is -2.32. The number of aliphatic carboxylic acids is 1. The number of rotatable bonds is 6. The summed E-state index contributed by atoms with van der Waals surface area (Å²) in [7, 11) is 2.22. The van der Waals surface area contributed by atoms with E-state index < -0.39 is 5.97 Å². The SMILES string of the molecule is CN(Cc1ccc(CCC(=O)O)cc1)C1CCCCC1. The molecule has 20 heavy (non-hydrogen) atoms. The van der Waals surface area contributed by atoms with Gasteiger partial charge in [-0.05, 0) is 37.4 Å². The largest absolute Gasteiger partial charge is 0.481 e. The monoisotopic (exact) mass is 275 g/mol. The van der Waals surface area contributed by atoms with Crippen molar-refractivity contribution in [2.45, 2.75) is 57.5 Å². The van der Waals surface area contributed by atoms with Crippen LogP contribution in [0.2, 0.25) is 0 Å². The summed E-state index contributed by atoms with van der Waals surface area (Å²) in [5, 5.41) is 8.69. The van der Waals surface area contributed by atoms with Gasteiger partial charge in [0.1, 0.15) is 0 Å². The predicted octanol–water partition coefficient (Wildman–Crippen LogP) is 3.47. The molecule has 1 saturated carbocycles. The van der Waals surface area contributed by atoms with Crippen LogP contribution in [0.4, 0.5) is 0 Å². The van der Waals surface area contributed by atoms with Crippen molar-refractivity contribution >= 4 is 5.97 Å². The number of carboxylic acid groups (broad SMARTS) is 1. The van der Waals surface area contributed by atoms with Crippen molar-refractivity contribution in [2.24, 2.45) is 0 Å². The molecule has 110 valence electrons. The number of carboxylic acids is 1. The number of hydrogen-bond acceptors (Lipinski definition) is 2. The van der Waals surface area contributed by atoms with Gasteiger partial charge in [0, 0.05) is 19.0 Å².